The summed E-state index contributed by atoms with van der Waals surface area (Å²) in [7, 11) is 0. The zero-order chi connectivity index (χ0) is 34.2. The highest BCUT2D eigenvalue weighted by atomic mass is 16.6. The number of unbranched alkanes of at least 4 members (excludes halogenated alkanes) is 8. The van der Waals surface area contributed by atoms with Crippen LogP contribution in [-0.2, 0) is 19.1 Å². The van der Waals surface area contributed by atoms with Crippen LogP contribution in [0.3, 0.4) is 0 Å². The molecule has 4 aliphatic carbocycles. The lowest BCUT2D eigenvalue weighted by molar-refractivity contribution is -0.224. The van der Waals surface area contributed by atoms with E-state index in [0.29, 0.717) is 24.0 Å². The van der Waals surface area contributed by atoms with E-state index in [2.05, 4.69) is 6.92 Å². The van der Waals surface area contributed by atoms with Crippen molar-refractivity contribution in [2.75, 3.05) is 6.61 Å². The van der Waals surface area contributed by atoms with E-state index in [1.165, 1.54) is 38.5 Å². The first kappa shape index (κ1) is 36.8. The van der Waals surface area contributed by atoms with Gasteiger partial charge in [-0.1, -0.05) is 96.8 Å². The molecule has 0 radical (unpaired) electrons. The average molecular weight is 645 g/mol. The van der Waals surface area contributed by atoms with Crippen LogP contribution in [0.4, 0.5) is 0 Å². The second-order valence-electron chi connectivity index (χ2n) is 15.6. The van der Waals surface area contributed by atoms with Crippen LogP contribution in [0.25, 0.3) is 0 Å². The highest BCUT2D eigenvalue weighted by molar-refractivity contribution is 5.89. The number of hydrogen-bond acceptors (Lipinski definition) is 8. The van der Waals surface area contributed by atoms with Gasteiger partial charge in [0, 0.05) is 29.2 Å². The van der Waals surface area contributed by atoms with Crippen molar-refractivity contribution in [1.82, 2.24) is 0 Å². The largest absolute Gasteiger partial charge is 0.458 e. The standard InChI is InChI=1S/C38H60O8/c1-9-10-11-12-13-14-15-16-17-18-29(40)46-37-21-25(5)36-20-24(4)33(45-34(43)26(6)23(2)3)38(36,44)31(41)27(22-39)19-28(32(36)42)30(37)35(37,7)8/h19-20,25,28,30-33,39,41-42,44H,9-18,21-22H2,1-8H3/t25-,28+,30-,31-,32?,33+,36+,37+,38+/m1/s1. The molecule has 0 aromatic carbocycles. The number of rotatable bonds is 14. The van der Waals surface area contributed by atoms with Gasteiger partial charge in [0.2, 0.25) is 0 Å². The predicted molar refractivity (Wildman–Crippen MR) is 177 cm³/mol. The molecule has 2 saturated carbocycles. The van der Waals surface area contributed by atoms with Gasteiger partial charge in [-0.3, -0.25) is 4.79 Å². The molecule has 46 heavy (non-hydrogen) atoms. The van der Waals surface area contributed by atoms with Gasteiger partial charge in [-0.15, -0.1) is 0 Å². The summed E-state index contributed by atoms with van der Waals surface area (Å²) >= 11 is 0. The van der Waals surface area contributed by atoms with E-state index >= 15 is 0 Å². The summed E-state index contributed by atoms with van der Waals surface area (Å²) in [6, 6.07) is 0. The minimum absolute atomic E-state index is 0.156. The third-order valence-electron chi connectivity index (χ3n) is 12.3. The van der Waals surface area contributed by atoms with Crippen molar-refractivity contribution in [1.29, 1.82) is 0 Å². The number of esters is 2. The fraction of sp³-hybridized carbons (Fsp3) is 0.789. The zero-order valence-corrected chi connectivity index (χ0v) is 29.5. The Kier molecular flexibility index (Phi) is 11.1. The van der Waals surface area contributed by atoms with Gasteiger partial charge < -0.3 is 29.9 Å². The number of carbonyl (C=O) groups is 2. The van der Waals surface area contributed by atoms with Crippen LogP contribution in [0.1, 0.15) is 126 Å². The lowest BCUT2D eigenvalue weighted by atomic mass is 9.58. The molecule has 1 spiro atoms. The maximum Gasteiger partial charge on any atom is 0.334 e. The molecule has 1 unspecified atom stereocenters. The smallest absolute Gasteiger partial charge is 0.334 e. The molecule has 0 aromatic heterocycles. The number of fused-ring (bicyclic) bond motifs is 3. The summed E-state index contributed by atoms with van der Waals surface area (Å²) in [4.78, 5) is 26.6. The first-order valence-electron chi connectivity index (χ1n) is 17.7. The molecule has 4 aliphatic rings. The normalized spacial score (nSPS) is 37.1. The van der Waals surface area contributed by atoms with Crippen LogP contribution < -0.4 is 0 Å². The quantitative estimate of drug-likeness (QED) is 0.0772. The highest BCUT2D eigenvalue weighted by Gasteiger charge is 2.83. The van der Waals surface area contributed by atoms with Gasteiger partial charge in [-0.05, 0) is 57.6 Å². The maximum absolute atomic E-state index is 13.4. The summed E-state index contributed by atoms with van der Waals surface area (Å²) in [5.41, 5.74) is -3.16. The molecular formula is C38H60O8. The van der Waals surface area contributed by atoms with Gasteiger partial charge >= 0.3 is 11.9 Å². The van der Waals surface area contributed by atoms with E-state index in [1.807, 2.05) is 20.8 Å². The Morgan fingerprint density at radius 2 is 1.57 bits per heavy atom. The molecule has 0 aliphatic heterocycles. The Hall–Kier alpha value is -2.00. The van der Waals surface area contributed by atoms with E-state index < -0.39 is 64.8 Å². The third kappa shape index (κ3) is 5.83. The lowest BCUT2D eigenvalue weighted by Crippen LogP contribution is -2.67. The van der Waals surface area contributed by atoms with Gasteiger partial charge in [0.25, 0.3) is 0 Å². The fourth-order valence-electron chi connectivity index (χ4n) is 9.43. The van der Waals surface area contributed by atoms with Crippen molar-refractivity contribution < 1.29 is 39.5 Å². The van der Waals surface area contributed by atoms with Crippen LogP contribution in [-0.4, -0.2) is 68.5 Å². The highest BCUT2D eigenvalue weighted by Crippen LogP contribution is 2.76. The molecule has 0 amide bonds. The first-order valence-corrected chi connectivity index (χ1v) is 17.7. The van der Waals surface area contributed by atoms with Crippen molar-refractivity contribution >= 4 is 11.9 Å². The fourth-order valence-corrected chi connectivity index (χ4v) is 9.43. The van der Waals surface area contributed by atoms with Crippen molar-refractivity contribution in [3.63, 3.8) is 0 Å². The van der Waals surface area contributed by atoms with Crippen LogP contribution in [0, 0.1) is 28.6 Å². The van der Waals surface area contributed by atoms with Gasteiger partial charge in [0.15, 0.2) is 6.10 Å². The summed E-state index contributed by atoms with van der Waals surface area (Å²) in [6.07, 6.45) is 10.4. The SMILES string of the molecule is CCCCCCCCCCCC(=O)O[C@@]12C[C@@H](C)[C@]34C=C(C)[C@H](OC(=O)C(C)=C(C)C)[C@@]3(O)[C@H](O)C(CO)=C[C@H](C4O)[C@@H]1C2(C)C. The Morgan fingerprint density at radius 1 is 0.978 bits per heavy atom. The third-order valence-corrected chi connectivity index (χ3v) is 12.3. The van der Waals surface area contributed by atoms with Crippen LogP contribution in [0.5, 0.6) is 0 Å². The zero-order valence-electron chi connectivity index (χ0n) is 29.5. The van der Waals surface area contributed by atoms with Gasteiger partial charge in [0.1, 0.15) is 17.3 Å². The van der Waals surface area contributed by atoms with E-state index in [0.717, 1.165) is 24.8 Å². The number of allylic oxidation sites excluding steroid dienone is 1. The monoisotopic (exact) mass is 644 g/mol. The second-order valence-corrected chi connectivity index (χ2v) is 15.6. The topological polar surface area (TPSA) is 134 Å². The molecule has 2 fully saturated rings. The van der Waals surface area contributed by atoms with E-state index in [1.54, 1.807) is 39.8 Å². The maximum atomic E-state index is 13.4. The number of carbonyl (C=O) groups excluding carboxylic acids is 2. The Balaban J connectivity index is 1.61. The van der Waals surface area contributed by atoms with Gasteiger partial charge in [-0.25, -0.2) is 4.79 Å². The first-order chi connectivity index (χ1) is 21.6. The number of aliphatic hydroxyl groups is 4. The molecule has 9 atom stereocenters. The molecule has 0 saturated heterocycles. The van der Waals surface area contributed by atoms with Crippen LogP contribution in [0.15, 0.2) is 34.4 Å². The minimum atomic E-state index is -2.17. The molecule has 4 N–H and O–H groups in total. The summed E-state index contributed by atoms with van der Waals surface area (Å²) in [6.45, 7) is 14.6. The van der Waals surface area contributed by atoms with Crippen molar-refractivity contribution in [2.24, 2.45) is 28.6 Å². The van der Waals surface area contributed by atoms with Crippen LogP contribution >= 0.6 is 0 Å². The van der Waals surface area contributed by atoms with Crippen LogP contribution in [0.2, 0.25) is 0 Å². The van der Waals surface area contributed by atoms with Crippen molar-refractivity contribution in [2.45, 2.75) is 156 Å². The molecular weight excluding hydrogens is 584 g/mol. The predicted octanol–water partition coefficient (Wildman–Crippen LogP) is 6.10. The molecule has 2 bridgehead atoms. The van der Waals surface area contributed by atoms with E-state index in [-0.39, 0.29) is 17.5 Å². The van der Waals surface area contributed by atoms with E-state index in [4.69, 9.17) is 9.47 Å². The molecule has 4 rings (SSSR count). The second kappa shape index (κ2) is 13.9. The Morgan fingerprint density at radius 3 is 2.13 bits per heavy atom. The summed E-state index contributed by atoms with van der Waals surface area (Å²) in [5.74, 6) is -2.30. The summed E-state index contributed by atoms with van der Waals surface area (Å²) < 4.78 is 12.4. The van der Waals surface area contributed by atoms with Crippen molar-refractivity contribution in [3.05, 3.63) is 34.4 Å². The van der Waals surface area contributed by atoms with Crippen molar-refractivity contribution in [3.8, 4) is 0 Å². The van der Waals surface area contributed by atoms with E-state index in [9.17, 15) is 30.0 Å². The number of ether oxygens (including phenoxy) is 2. The lowest BCUT2D eigenvalue weighted by Gasteiger charge is -2.52. The molecule has 0 heterocycles. The Labute approximate surface area is 276 Å². The average Bonchev–Trinajstić information content (AvgIpc) is 3.40. The number of hydrogen-bond donors (Lipinski definition) is 4. The molecule has 0 aromatic rings. The molecule has 8 heteroatoms. The Bertz CT molecular complexity index is 1240. The molecule has 260 valence electrons. The molecule has 8 nitrogen and oxygen atoms in total. The number of aliphatic hydroxyl groups excluding tert-OH is 3. The summed E-state index contributed by atoms with van der Waals surface area (Å²) in [5, 5.41) is 47.4. The van der Waals surface area contributed by atoms with Gasteiger partial charge in [-0.2, -0.15) is 0 Å². The van der Waals surface area contributed by atoms with Gasteiger partial charge in [0.05, 0.1) is 18.1 Å². The minimum Gasteiger partial charge on any atom is -0.458 e.